The number of hydrogen-bond acceptors (Lipinski definition) is 1. The highest BCUT2D eigenvalue weighted by atomic mass is 15.2. The van der Waals surface area contributed by atoms with E-state index in [1.165, 1.54) is 11.6 Å². The summed E-state index contributed by atoms with van der Waals surface area (Å²) < 4.78 is 15.6. The molecule has 0 atom stereocenters. The van der Waals surface area contributed by atoms with Crippen molar-refractivity contribution < 1.29 is 2.74 Å². The second-order valence-electron chi connectivity index (χ2n) is 1.17. The highest BCUT2D eigenvalue weighted by Crippen LogP contribution is 1.79. The highest BCUT2D eigenvalue weighted by molar-refractivity contribution is 4.76. The maximum absolute atomic E-state index is 7.16. The van der Waals surface area contributed by atoms with E-state index in [-0.39, 0.29) is 0 Å². The molecule has 0 amide bonds. The first kappa shape index (κ1) is 2.50. The third-order valence-electron chi connectivity index (χ3n) is 0.734. The molecule has 0 unspecified atom stereocenters. The van der Waals surface area contributed by atoms with Gasteiger partial charge in [-0.1, -0.05) is 0 Å². The number of aryl methyl sites for hydroxylation is 1. The molecule has 0 spiro atoms. The zero-order chi connectivity index (χ0) is 6.91. The summed E-state index contributed by atoms with van der Waals surface area (Å²) in [6.07, 6.45) is 3.15. The summed E-state index contributed by atoms with van der Waals surface area (Å²) in [6, 6.07) is 1.70. The van der Waals surface area contributed by atoms with Crippen molar-refractivity contribution in [1.29, 1.82) is 0 Å². The van der Waals surface area contributed by atoms with Crippen molar-refractivity contribution in [2.24, 2.45) is 0 Å². The monoisotopic (exact) mass is 98.1 g/mol. The van der Waals surface area contributed by atoms with E-state index in [4.69, 9.17) is 2.74 Å². The van der Waals surface area contributed by atoms with Crippen molar-refractivity contribution in [3.63, 3.8) is 0 Å². The molecule has 7 heavy (non-hydrogen) atoms. The third kappa shape index (κ3) is 0.796. The molecule has 0 radical (unpaired) electrons. The SMILES string of the molecule is [2H]C([2H])(C)n1cccn1. The van der Waals surface area contributed by atoms with Gasteiger partial charge in [0.2, 0.25) is 0 Å². The van der Waals surface area contributed by atoms with Gasteiger partial charge in [0.25, 0.3) is 0 Å². The van der Waals surface area contributed by atoms with Gasteiger partial charge in [-0.05, 0) is 13.0 Å². The fourth-order valence-corrected chi connectivity index (χ4v) is 0.401. The standard InChI is InChI=1S/C5H8N2/c1-2-7-5-3-4-6-7/h3-5H,2H2,1H3/i2D2. The second kappa shape index (κ2) is 1.78. The van der Waals surface area contributed by atoms with Crippen LogP contribution >= 0.6 is 0 Å². The molecule has 38 valence electrons. The van der Waals surface area contributed by atoms with Gasteiger partial charge in [0.15, 0.2) is 0 Å². The molecule has 1 rings (SSSR count). The van der Waals surface area contributed by atoms with Crippen LogP contribution in [0.1, 0.15) is 9.67 Å². The van der Waals surface area contributed by atoms with Gasteiger partial charge in [-0.15, -0.1) is 0 Å². The first-order chi connectivity index (χ1) is 4.11. The van der Waals surface area contributed by atoms with Crippen LogP contribution in [0.25, 0.3) is 0 Å². The van der Waals surface area contributed by atoms with E-state index in [1.54, 1.807) is 18.5 Å². The predicted octanol–water partition coefficient (Wildman–Crippen LogP) is 0.903. The van der Waals surface area contributed by atoms with Crippen LogP contribution in [0.2, 0.25) is 0 Å². The molecule has 2 nitrogen and oxygen atoms in total. The molecule has 0 aliphatic rings. The van der Waals surface area contributed by atoms with E-state index in [1.807, 2.05) is 0 Å². The van der Waals surface area contributed by atoms with Gasteiger partial charge in [0.1, 0.15) is 0 Å². The molecule has 0 aliphatic heterocycles. The lowest BCUT2D eigenvalue weighted by Crippen LogP contribution is -1.91. The molecule has 1 aromatic heterocycles. The normalized spacial score (nSPS) is 15.6. The molecule has 0 bridgehead atoms. The molecule has 0 saturated carbocycles. The Bertz CT molecular complexity index is 175. The van der Waals surface area contributed by atoms with Gasteiger partial charge in [-0.3, -0.25) is 4.68 Å². The predicted molar refractivity (Wildman–Crippen MR) is 27.9 cm³/mol. The van der Waals surface area contributed by atoms with Crippen molar-refractivity contribution in [2.75, 3.05) is 0 Å². The summed E-state index contributed by atoms with van der Waals surface area (Å²) in [4.78, 5) is 0. The molecule has 0 saturated heterocycles. The Morgan fingerprint density at radius 1 is 2.00 bits per heavy atom. The van der Waals surface area contributed by atoms with Crippen molar-refractivity contribution in [2.45, 2.75) is 13.4 Å². The van der Waals surface area contributed by atoms with Crippen molar-refractivity contribution >= 4 is 0 Å². The fourth-order valence-electron chi connectivity index (χ4n) is 0.401. The third-order valence-corrected chi connectivity index (χ3v) is 0.734. The van der Waals surface area contributed by atoms with Gasteiger partial charge in [-0.2, -0.15) is 5.10 Å². The maximum atomic E-state index is 7.16. The molecule has 1 heterocycles. The minimum Gasteiger partial charge on any atom is -0.273 e. The smallest absolute Gasteiger partial charge is 0.0512 e. The lowest BCUT2D eigenvalue weighted by Gasteiger charge is -1.87. The Hall–Kier alpha value is -0.790. The van der Waals surface area contributed by atoms with Crippen LogP contribution in [0.3, 0.4) is 0 Å². The number of aromatic nitrogens is 2. The summed E-state index contributed by atoms with van der Waals surface area (Å²) in [5, 5.41) is 3.73. The van der Waals surface area contributed by atoms with Crippen LogP contribution in [0.4, 0.5) is 0 Å². The highest BCUT2D eigenvalue weighted by Gasteiger charge is 1.77. The largest absolute Gasteiger partial charge is 0.273 e. The van der Waals surface area contributed by atoms with Crippen LogP contribution < -0.4 is 0 Å². The molecule has 0 aromatic carbocycles. The van der Waals surface area contributed by atoms with Gasteiger partial charge in [0.05, 0.1) is 2.74 Å². The van der Waals surface area contributed by atoms with Gasteiger partial charge < -0.3 is 0 Å². The molecule has 0 N–H and O–H groups in total. The molecular formula is C5H8N2. The number of rotatable bonds is 1. The summed E-state index contributed by atoms with van der Waals surface area (Å²) >= 11 is 0. The Labute approximate surface area is 45.6 Å². The molecular weight excluding hydrogens is 88.1 g/mol. The van der Waals surface area contributed by atoms with Crippen molar-refractivity contribution in [3.8, 4) is 0 Å². The van der Waals surface area contributed by atoms with Gasteiger partial charge in [0, 0.05) is 18.9 Å². The summed E-state index contributed by atoms with van der Waals surface area (Å²) in [5.41, 5.74) is 0. The Balaban J connectivity index is 2.90. The Morgan fingerprint density at radius 3 is 3.14 bits per heavy atom. The van der Waals surface area contributed by atoms with Gasteiger partial charge in [-0.25, -0.2) is 0 Å². The summed E-state index contributed by atoms with van der Waals surface area (Å²) in [6.45, 7) is 0.0868. The quantitative estimate of drug-likeness (QED) is 0.510. The molecule has 0 aliphatic carbocycles. The van der Waals surface area contributed by atoms with E-state index < -0.39 is 6.50 Å². The van der Waals surface area contributed by atoms with Crippen LogP contribution in [0.15, 0.2) is 18.5 Å². The van der Waals surface area contributed by atoms with E-state index >= 15 is 0 Å². The van der Waals surface area contributed by atoms with Crippen molar-refractivity contribution in [1.82, 2.24) is 9.78 Å². The van der Waals surface area contributed by atoms with Gasteiger partial charge >= 0.3 is 0 Å². The zero-order valence-electron chi connectivity index (χ0n) is 6.13. The van der Waals surface area contributed by atoms with Crippen LogP contribution in [-0.4, -0.2) is 9.78 Å². The number of hydrogen-bond donors (Lipinski definition) is 0. The fraction of sp³-hybridized carbons (Fsp3) is 0.400. The topological polar surface area (TPSA) is 17.8 Å². The van der Waals surface area contributed by atoms with Crippen LogP contribution in [0.5, 0.6) is 0 Å². The number of nitrogens with zero attached hydrogens (tertiary/aromatic N) is 2. The molecule has 0 fully saturated rings. The molecule has 2 heteroatoms. The van der Waals surface area contributed by atoms with E-state index in [9.17, 15) is 0 Å². The first-order valence-electron chi connectivity index (χ1n) is 3.11. The average molecular weight is 98.1 g/mol. The maximum Gasteiger partial charge on any atom is 0.0512 e. The Kier molecular flexibility index (Phi) is 0.635. The average Bonchev–Trinajstić information content (AvgIpc) is 2.08. The van der Waals surface area contributed by atoms with Crippen LogP contribution in [-0.2, 0) is 6.50 Å². The Morgan fingerprint density at radius 2 is 2.86 bits per heavy atom. The van der Waals surface area contributed by atoms with E-state index in [0.29, 0.717) is 0 Å². The van der Waals surface area contributed by atoms with E-state index in [2.05, 4.69) is 5.10 Å². The minimum absolute atomic E-state index is 1.27. The van der Waals surface area contributed by atoms with E-state index in [0.717, 1.165) is 0 Å². The first-order valence-corrected chi connectivity index (χ1v) is 2.11. The lowest BCUT2D eigenvalue weighted by atomic mass is 10.7. The minimum atomic E-state index is -1.37. The summed E-state index contributed by atoms with van der Waals surface area (Å²) in [5.74, 6) is 0. The lowest BCUT2D eigenvalue weighted by molar-refractivity contribution is 0.660. The summed E-state index contributed by atoms with van der Waals surface area (Å²) in [7, 11) is 0. The van der Waals surface area contributed by atoms with Crippen LogP contribution in [0, 0.1) is 0 Å². The van der Waals surface area contributed by atoms with Crippen molar-refractivity contribution in [3.05, 3.63) is 18.5 Å². The zero-order valence-corrected chi connectivity index (χ0v) is 4.13. The molecule has 1 aromatic rings. The second-order valence-corrected chi connectivity index (χ2v) is 1.17.